The Bertz CT molecular complexity index is 5310. The average Bonchev–Trinajstić information content (AvgIpc) is 1.76. The van der Waals surface area contributed by atoms with Crippen LogP contribution in [0.4, 0.5) is 4.39 Å². The molecule has 8 aromatic rings. The highest BCUT2D eigenvalue weighted by Gasteiger charge is 2.15. The summed E-state index contributed by atoms with van der Waals surface area (Å²) in [5.74, 6) is 1.70. The molecule has 0 bridgehead atoms. The standard InChI is InChI=1S/C18H18O.C13H14O3.C13H16O2.C12H12Cl2O.C12H14O.C11H16O.C9H10FNO.C9H12N2O.C9H14O.C7H10O3.10CH4/c1-14(2)18(19)13-10-15-8-11-17(12-9-15)16-6-4-3-5-7-16;1-9(2)11(14)5-3-10-4-6-12-13(7-10)16-8-15-12;1-10(2)13(14)8-7-11-5-4-6-12(9-11)15-3;1-8(2)12(15)6-4-9-3-5-10(13)11(14)7-9;1-10(2)12(13)9-8-11-6-4-3-5-7-11;1-4-5-6-7-8-9-11(12)10(2)3;1-6(2)9(12)7-4-3-5-8(10)11-7;1-7(2)9(12)4-3-8-5-10-6-11-8;1-4-5-6-7-9(10)8(2)3;1-5(2)6(8)3-4-7(9)10;;;;;;;;;;/h3-14H,1-2H3;3-7,9H,8H2,1-2H3;4-10H,1-3H3;3-8H,1-2H3;3-10H,1-2H3;4-10H,1-3H3;3-6H,1-2H3;3-7H,1-2H3,(H,10,11);4-8H,1-3H3;3-5H,1-2H3,(H,9,10);10*1H4/b13-10+;5-3+;8-7+;6-4+;9-8+;5-4+,7-6+,9-8+;;4-3+;5-4+,7-6+;4-3+;;;;;;;;;;. The Hall–Kier alpha value is -13.4. The summed E-state index contributed by atoms with van der Waals surface area (Å²) >= 11 is 11.6. The summed E-state index contributed by atoms with van der Waals surface area (Å²) < 4.78 is 28.1. The number of carboxylic acids is 1. The third kappa shape index (κ3) is 73.7. The maximum atomic E-state index is 12.5. The molecule has 1 aliphatic rings. The van der Waals surface area contributed by atoms with Crippen molar-refractivity contribution in [1.82, 2.24) is 15.0 Å². The Balaban J connectivity index is -0.000000151. The van der Waals surface area contributed by atoms with Gasteiger partial charge in [-0.05, 0) is 162 Å². The number of allylic oxidation sites excluding steroid dienone is 17. The van der Waals surface area contributed by atoms with Gasteiger partial charge in [-0.25, -0.2) is 14.8 Å². The number of ketones is 10. The lowest BCUT2D eigenvalue weighted by molar-refractivity contribution is -0.132. The number of pyridine rings is 1. The molecular weight excluding hydrogens is 1850 g/mol. The minimum atomic E-state index is -1.09. The number of carbonyl (C=O) groups is 11. The largest absolute Gasteiger partial charge is 0.497 e. The Kier molecular flexibility index (Phi) is 95.6. The number of imidazole rings is 1. The molecule has 18 nitrogen and oxygen atoms in total. The van der Waals surface area contributed by atoms with Gasteiger partial charge in [0, 0.05) is 65.3 Å². The highest BCUT2D eigenvalue weighted by atomic mass is 35.5. The van der Waals surface area contributed by atoms with Crippen LogP contribution >= 0.6 is 23.2 Å². The van der Waals surface area contributed by atoms with Crippen LogP contribution in [-0.4, -0.2) is 97.8 Å². The van der Waals surface area contributed by atoms with Gasteiger partial charge < -0.3 is 24.3 Å². The number of H-pyrrole nitrogens is 1. The summed E-state index contributed by atoms with van der Waals surface area (Å²) in [5.41, 5.74) is 8.35. The molecule has 0 unspecified atom stereocenters. The number of hydrogen-bond donors (Lipinski definition) is 2. The van der Waals surface area contributed by atoms with Crippen molar-refractivity contribution < 1.29 is 76.4 Å². The van der Waals surface area contributed by atoms with Crippen molar-refractivity contribution in [3.05, 3.63) is 341 Å². The van der Waals surface area contributed by atoms with Crippen molar-refractivity contribution in [1.29, 1.82) is 0 Å². The number of hydrogen-bond acceptors (Lipinski definition) is 16. The first-order valence-corrected chi connectivity index (χ1v) is 45.1. The number of carbonyl (C=O) groups excluding carboxylic acids is 10. The second-order valence-electron chi connectivity index (χ2n) is 32.7. The quantitative estimate of drug-likeness (QED) is 0.0171. The van der Waals surface area contributed by atoms with Crippen molar-refractivity contribution in [3.63, 3.8) is 0 Å². The van der Waals surface area contributed by atoms with Gasteiger partial charge >= 0.3 is 5.97 Å². The highest BCUT2D eigenvalue weighted by molar-refractivity contribution is 6.42. The number of Topliss-reactive ketones (excluding diaryl/α,β-unsaturated/α-hetero) is 1. The van der Waals surface area contributed by atoms with Gasteiger partial charge in [0.15, 0.2) is 69.3 Å². The summed E-state index contributed by atoms with van der Waals surface area (Å²) in [6.45, 7) is 41.3. The van der Waals surface area contributed by atoms with Crippen molar-refractivity contribution in [2.24, 2.45) is 59.2 Å². The normalized spacial score (nSPS) is 10.7. The molecular formula is C123H176Cl2FN3O15. The SMILES string of the molecule is C.C.C.C.C.C.C.C.C.C.C/C=C/C=C/C(=O)C(C)C.C/C=C/C=C/C=C/C(=O)C(C)C.CC(C)C(=O)/C=C/C(=O)O.CC(C)C(=O)/C=C/c1ccc(-c2ccccc2)cc1.CC(C)C(=O)/C=C/c1ccc(Cl)c(Cl)c1.CC(C)C(=O)/C=C/c1ccc2c(c1)OCO2.CC(C)C(=O)/C=C/c1ccccc1.CC(C)C(=O)/C=C/c1cnc[nH]1.CC(C)C(=O)c1cccc(F)n1.COc1cccc(/C=C/C(=O)C(C)C)c1. The monoisotopic (exact) mass is 2020 g/mol. The maximum absolute atomic E-state index is 12.5. The summed E-state index contributed by atoms with van der Waals surface area (Å²) in [6.07, 6.45) is 43.7. The van der Waals surface area contributed by atoms with Crippen molar-refractivity contribution in [3.8, 4) is 28.4 Å². The third-order valence-electron chi connectivity index (χ3n) is 17.8. The Labute approximate surface area is 878 Å². The molecule has 0 atom stereocenters. The minimum absolute atomic E-state index is 0. The number of aliphatic carboxylic acids is 1. The zero-order chi connectivity index (χ0) is 101. The van der Waals surface area contributed by atoms with Gasteiger partial charge in [0.1, 0.15) is 11.4 Å². The van der Waals surface area contributed by atoms with Gasteiger partial charge in [-0.15, -0.1) is 0 Å². The molecule has 0 spiro atoms. The smallest absolute Gasteiger partial charge is 0.328 e. The van der Waals surface area contributed by atoms with Gasteiger partial charge in [0.25, 0.3) is 0 Å². The predicted molar refractivity (Wildman–Crippen MR) is 616 cm³/mol. The topological polar surface area (TPSA) is 277 Å². The number of aromatic amines is 1. The van der Waals surface area contributed by atoms with E-state index >= 15 is 0 Å². The van der Waals surface area contributed by atoms with Gasteiger partial charge in [-0.1, -0.05) is 430 Å². The molecule has 0 radical (unpaired) electrons. The van der Waals surface area contributed by atoms with Crippen LogP contribution in [0.5, 0.6) is 17.2 Å². The van der Waals surface area contributed by atoms with Crippen molar-refractivity contribution in [2.75, 3.05) is 13.9 Å². The zero-order valence-electron chi connectivity index (χ0n) is 81.8. The summed E-state index contributed by atoms with van der Waals surface area (Å²) in [5, 5.41) is 9.12. The van der Waals surface area contributed by atoms with E-state index in [4.69, 9.17) is 42.5 Å². The molecule has 3 heterocycles. The Morgan fingerprint density at radius 2 is 0.688 bits per heavy atom. The number of ether oxygens (including phenoxy) is 3. The van der Waals surface area contributed by atoms with Gasteiger partial charge in [0.05, 0.1) is 35.4 Å². The van der Waals surface area contributed by atoms with Crippen LogP contribution in [0.2, 0.25) is 10.0 Å². The average molecular weight is 2030 g/mol. The predicted octanol–water partition coefficient (Wildman–Crippen LogP) is 33.5. The van der Waals surface area contributed by atoms with E-state index in [-0.39, 0.29) is 204 Å². The molecule has 2 aromatic heterocycles. The van der Waals surface area contributed by atoms with Crippen LogP contribution in [-0.2, 0) is 47.9 Å². The third-order valence-corrected chi connectivity index (χ3v) is 18.5. The summed E-state index contributed by atoms with van der Waals surface area (Å²) in [6, 6.07) is 51.0. The van der Waals surface area contributed by atoms with E-state index in [9.17, 15) is 57.1 Å². The fraction of sp³-hybridized carbons (Fsp3) is 0.358. The number of rotatable bonds is 32. The van der Waals surface area contributed by atoms with Gasteiger partial charge in [-0.2, -0.15) is 4.39 Å². The number of carboxylic acid groups (broad SMARTS) is 1. The minimum Gasteiger partial charge on any atom is -0.497 e. The Morgan fingerprint density at radius 1 is 0.347 bits per heavy atom. The van der Waals surface area contributed by atoms with E-state index in [0.717, 1.165) is 62.9 Å². The van der Waals surface area contributed by atoms with Crippen molar-refractivity contribution in [2.45, 2.75) is 227 Å². The molecule has 794 valence electrons. The lowest BCUT2D eigenvalue weighted by Gasteiger charge is -2.02. The molecule has 0 aliphatic carbocycles. The summed E-state index contributed by atoms with van der Waals surface area (Å²) in [4.78, 5) is 132. The van der Waals surface area contributed by atoms with E-state index in [2.05, 4.69) is 39.2 Å². The van der Waals surface area contributed by atoms with Crippen LogP contribution in [0.15, 0.2) is 286 Å². The molecule has 9 rings (SSSR count). The molecule has 21 heteroatoms. The molecule has 1 aliphatic heterocycles. The number of nitrogens with one attached hydrogen (secondary N) is 1. The van der Waals surface area contributed by atoms with Crippen molar-refractivity contribution >= 4 is 123 Å². The van der Waals surface area contributed by atoms with E-state index in [1.54, 1.807) is 138 Å². The van der Waals surface area contributed by atoms with Gasteiger partial charge in [-0.3, -0.25) is 47.9 Å². The fourth-order valence-corrected chi connectivity index (χ4v) is 9.47. The maximum Gasteiger partial charge on any atom is 0.328 e. The van der Waals surface area contributed by atoms with E-state index in [1.807, 2.05) is 289 Å². The second-order valence-corrected chi connectivity index (χ2v) is 33.5. The molecule has 0 amide bonds. The number of aromatic nitrogens is 3. The number of benzene rings is 6. The first-order chi connectivity index (χ1) is 63.4. The van der Waals surface area contributed by atoms with Crippen LogP contribution in [0.25, 0.3) is 47.6 Å². The molecule has 0 fully saturated rings. The first kappa shape index (κ1) is 153. The van der Waals surface area contributed by atoms with Crippen LogP contribution in [0.3, 0.4) is 0 Å². The van der Waals surface area contributed by atoms with E-state index in [0.29, 0.717) is 10.0 Å². The second kappa shape index (κ2) is 89.7. The van der Waals surface area contributed by atoms with Crippen LogP contribution < -0.4 is 14.2 Å². The number of halogens is 3. The molecule has 2 N–H and O–H groups in total. The lowest BCUT2D eigenvalue weighted by atomic mass is 10.0. The van der Waals surface area contributed by atoms with Gasteiger partial charge in [0.2, 0.25) is 12.7 Å². The first-order valence-electron chi connectivity index (χ1n) is 44.3. The number of nitrogens with zero attached hydrogens (tertiary/aromatic N) is 2. The molecule has 0 saturated heterocycles. The van der Waals surface area contributed by atoms with Crippen LogP contribution in [0.1, 0.15) is 271 Å². The fourth-order valence-electron chi connectivity index (χ4n) is 9.16. The highest BCUT2D eigenvalue weighted by Crippen LogP contribution is 2.33. The zero-order valence-corrected chi connectivity index (χ0v) is 83.3. The number of fused-ring (bicyclic) bond motifs is 1. The van der Waals surface area contributed by atoms with E-state index < -0.39 is 11.9 Å². The molecule has 6 aromatic carbocycles. The van der Waals surface area contributed by atoms with E-state index in [1.165, 1.54) is 29.3 Å². The summed E-state index contributed by atoms with van der Waals surface area (Å²) in [7, 11) is 1.63. The lowest BCUT2D eigenvalue weighted by Crippen LogP contribution is -2.09. The Morgan fingerprint density at radius 3 is 1.08 bits per heavy atom. The molecule has 0 saturated carbocycles. The number of methoxy groups -OCH3 is 1. The van der Waals surface area contributed by atoms with Crippen LogP contribution in [0, 0.1) is 65.1 Å². The molecule has 144 heavy (non-hydrogen) atoms.